The van der Waals surface area contributed by atoms with Gasteiger partial charge in [0.05, 0.1) is 0 Å². The number of halogens is 2. The van der Waals surface area contributed by atoms with Gasteiger partial charge < -0.3 is 6.42 Å². The zero-order valence-electron chi connectivity index (χ0n) is 37.9. The minimum absolute atomic E-state index is 0. The number of allylic oxidation sites excluding steroid dienone is 16. The molecule has 2 aromatic carbocycles. The molecule has 0 amide bonds. The summed E-state index contributed by atoms with van der Waals surface area (Å²) < 4.78 is 1.42. The van der Waals surface area contributed by atoms with Crippen LogP contribution in [0.3, 0.4) is 0 Å². The number of hydrogen-bond donors (Lipinski definition) is 0. The molecule has 0 aliphatic heterocycles. The summed E-state index contributed by atoms with van der Waals surface area (Å²) in [4.78, 5) is 0. The van der Waals surface area contributed by atoms with Gasteiger partial charge in [0.15, 0.2) is 0 Å². The summed E-state index contributed by atoms with van der Waals surface area (Å²) in [5.41, 5.74) is 7.63. The van der Waals surface area contributed by atoms with E-state index in [9.17, 15) is 0 Å². The Morgan fingerprint density at radius 3 is 1.45 bits per heavy atom. The predicted octanol–water partition coefficient (Wildman–Crippen LogP) is 15.2. The van der Waals surface area contributed by atoms with Crippen molar-refractivity contribution in [1.82, 2.24) is 0 Å². The molecule has 6 aliphatic carbocycles. The fourth-order valence-electron chi connectivity index (χ4n) is 12.0. The van der Waals surface area contributed by atoms with Gasteiger partial charge in [0, 0.05) is 10.8 Å². The van der Waals surface area contributed by atoms with E-state index in [2.05, 4.69) is 231 Å². The summed E-state index contributed by atoms with van der Waals surface area (Å²) in [5.74, 6) is 0.460. The van der Waals surface area contributed by atoms with E-state index in [1.807, 2.05) is 12.2 Å². The molecule has 0 heterocycles. The van der Waals surface area contributed by atoms with Crippen LogP contribution in [0.2, 0.25) is 0 Å². The van der Waals surface area contributed by atoms with Crippen LogP contribution in [0.25, 0.3) is 0 Å². The Morgan fingerprint density at radius 1 is 0.621 bits per heavy atom. The van der Waals surface area contributed by atoms with Crippen LogP contribution in [0, 0.1) is 56.3 Å². The van der Waals surface area contributed by atoms with Crippen molar-refractivity contribution in [2.45, 2.75) is 114 Å². The summed E-state index contributed by atoms with van der Waals surface area (Å²) in [6.45, 7) is 33.9. The largest absolute Gasteiger partial charge is 0.314 e. The second-order valence-corrected chi connectivity index (χ2v) is 22.0. The van der Waals surface area contributed by atoms with Crippen LogP contribution in [0.5, 0.6) is 0 Å². The van der Waals surface area contributed by atoms with Crippen molar-refractivity contribution >= 4 is 28.0 Å². The van der Waals surface area contributed by atoms with Gasteiger partial charge in [0.25, 0.3) is 0 Å². The molecule has 8 unspecified atom stereocenters. The molecule has 8 atom stereocenters. The first-order valence-corrected chi connectivity index (χ1v) is 22.2. The zero-order valence-corrected chi connectivity index (χ0v) is 42.0. The molecule has 6 aliphatic rings. The van der Waals surface area contributed by atoms with Crippen LogP contribution in [0.15, 0.2) is 139 Å². The molecule has 0 saturated heterocycles. The normalized spacial score (nSPS) is 35.7. The van der Waals surface area contributed by atoms with E-state index in [4.69, 9.17) is 0 Å². The molecule has 0 nitrogen and oxygen atoms in total. The molecular weight excluding hydrogens is 823 g/mol. The smallest absolute Gasteiger partial charge is 0.00455 e. The third-order valence-electron chi connectivity index (χ3n) is 16.7. The fourth-order valence-corrected chi connectivity index (χ4v) is 12.8. The van der Waals surface area contributed by atoms with Gasteiger partial charge >= 0.3 is 151 Å². The topological polar surface area (TPSA) is 0 Å². The van der Waals surface area contributed by atoms with E-state index in [0.29, 0.717) is 5.92 Å². The first kappa shape index (κ1) is 48.4. The standard InChI is InChI=1S/C29H37.C21H26.C5H5.2ClH.Zr/c1-21-14-13-15-22-20-27(6)25(4)18-10-9-16-23(25,2)24(3)17-11-12-19-26(24,5)29(27,8)28(21,22)7;1-20(2,3)18-11-7-16(8-12-18)15-17-9-13-19(14-10-17)21(4,5)6;1-2-4-5-3-1;;;/h9-20,22H,1-8H3;7-14H,1-6H3;1-3H,4H2;2*1H;/q-1;;-1;;;+2. The average molecular weight is 893 g/mol. The Bertz CT molecular complexity index is 2020. The third-order valence-corrected chi connectivity index (χ3v) is 18.1. The van der Waals surface area contributed by atoms with Gasteiger partial charge in [-0.2, -0.15) is 6.08 Å². The molecular formula is C55H70Cl2Zr. The monoisotopic (exact) mass is 890 g/mol. The Hall–Kier alpha value is -2.31. The molecule has 0 N–H and O–H groups in total. The maximum Gasteiger partial charge on any atom is 0.00455 e. The first-order valence-electron chi connectivity index (χ1n) is 21.0. The van der Waals surface area contributed by atoms with Crippen LogP contribution in [-0.2, 0) is 35.1 Å². The summed E-state index contributed by atoms with van der Waals surface area (Å²) in [6.07, 6.45) is 39.3. The SMILES string of the molecule is CC(C)(C)c1ccc([C](=[Zr+2])c2ccc(C(C)(C)C)cc2)cc1.CC1=CC=CC2[CH-]C3(C)C4(C)C=CC=CC4(C)C4(C)C=CC=CC4(C)C3(C)C12C.Cl.Cl.[C-]1=CC=CC1. The number of fused-ring (bicyclic) bond motifs is 8. The van der Waals surface area contributed by atoms with Gasteiger partial charge in [-0.25, -0.2) is 12.2 Å². The Morgan fingerprint density at radius 2 is 1.05 bits per heavy atom. The van der Waals surface area contributed by atoms with Gasteiger partial charge in [0.2, 0.25) is 0 Å². The summed E-state index contributed by atoms with van der Waals surface area (Å²) >= 11 is 1.46. The van der Waals surface area contributed by atoms with E-state index in [1.54, 1.807) is 0 Å². The molecule has 0 radical (unpaired) electrons. The molecule has 2 fully saturated rings. The van der Waals surface area contributed by atoms with Crippen molar-refractivity contribution in [3.63, 3.8) is 0 Å². The van der Waals surface area contributed by atoms with Crippen LogP contribution in [-0.4, -0.2) is 3.21 Å². The molecule has 58 heavy (non-hydrogen) atoms. The van der Waals surface area contributed by atoms with Gasteiger partial charge in [-0.15, -0.1) is 48.6 Å². The Kier molecular flexibility index (Phi) is 13.8. The molecule has 308 valence electrons. The maximum atomic E-state index is 2.99. The van der Waals surface area contributed by atoms with Crippen molar-refractivity contribution in [2.24, 2.45) is 43.8 Å². The van der Waals surface area contributed by atoms with Crippen molar-refractivity contribution < 1.29 is 24.2 Å². The molecule has 0 bridgehead atoms. The molecule has 2 aromatic rings. The molecule has 3 heteroatoms. The van der Waals surface area contributed by atoms with Crippen molar-refractivity contribution in [3.05, 3.63) is 174 Å². The molecule has 0 aromatic heterocycles. The second-order valence-electron chi connectivity index (χ2n) is 20.7. The maximum absolute atomic E-state index is 2.99. The van der Waals surface area contributed by atoms with Crippen LogP contribution in [0.4, 0.5) is 0 Å². The van der Waals surface area contributed by atoms with E-state index < -0.39 is 0 Å². The number of benzene rings is 2. The number of hydrogen-bond acceptors (Lipinski definition) is 0. The summed E-state index contributed by atoms with van der Waals surface area (Å²) in [7, 11) is 0. The number of rotatable bonds is 2. The van der Waals surface area contributed by atoms with Crippen molar-refractivity contribution in [1.29, 1.82) is 0 Å². The quantitative estimate of drug-likeness (QED) is 0.264. The second kappa shape index (κ2) is 16.5. The molecule has 2 saturated carbocycles. The van der Waals surface area contributed by atoms with Crippen LogP contribution >= 0.6 is 24.8 Å². The van der Waals surface area contributed by atoms with Crippen LogP contribution < -0.4 is 0 Å². The van der Waals surface area contributed by atoms with Crippen molar-refractivity contribution in [2.75, 3.05) is 0 Å². The minimum Gasteiger partial charge on any atom is -0.314 e. The first-order chi connectivity index (χ1) is 26.0. The Labute approximate surface area is 381 Å². The zero-order chi connectivity index (χ0) is 41.2. The Balaban J connectivity index is 0.000000228. The summed E-state index contributed by atoms with van der Waals surface area (Å²) in [6, 6.07) is 18.1. The van der Waals surface area contributed by atoms with E-state index >= 15 is 0 Å². The van der Waals surface area contributed by atoms with Gasteiger partial charge in [0.1, 0.15) is 0 Å². The molecule has 8 rings (SSSR count). The molecule has 0 spiro atoms. The fraction of sp³-hybridized carbons (Fsp3) is 0.455. The van der Waals surface area contributed by atoms with Crippen LogP contribution in [0.1, 0.15) is 126 Å². The van der Waals surface area contributed by atoms with E-state index in [1.165, 1.54) is 55.3 Å². The minimum atomic E-state index is 0. The summed E-state index contributed by atoms with van der Waals surface area (Å²) in [5, 5.41) is 0. The van der Waals surface area contributed by atoms with E-state index in [0.717, 1.165) is 6.42 Å². The average Bonchev–Trinajstić information content (AvgIpc) is 3.80. The van der Waals surface area contributed by atoms with Crippen molar-refractivity contribution in [3.8, 4) is 0 Å². The third kappa shape index (κ3) is 6.93. The predicted molar refractivity (Wildman–Crippen MR) is 254 cm³/mol. The van der Waals surface area contributed by atoms with Gasteiger partial charge in [-0.3, -0.25) is 6.08 Å². The van der Waals surface area contributed by atoms with E-state index in [-0.39, 0.29) is 73.5 Å². The van der Waals surface area contributed by atoms with Gasteiger partial charge in [-0.1, -0.05) is 115 Å². The van der Waals surface area contributed by atoms with Gasteiger partial charge in [-0.05, 0) is 28.6 Å².